The molecule has 0 radical (unpaired) electrons. The Bertz CT molecular complexity index is 332. The van der Waals surface area contributed by atoms with Crippen LogP contribution < -0.4 is 5.32 Å². The van der Waals surface area contributed by atoms with Crippen molar-refractivity contribution < 1.29 is 4.79 Å². The van der Waals surface area contributed by atoms with Gasteiger partial charge in [0.1, 0.15) is 0 Å². The van der Waals surface area contributed by atoms with Gasteiger partial charge in [-0.2, -0.15) is 0 Å². The maximum Gasteiger partial charge on any atom is 0.296 e. The molecule has 1 amide bonds. The Morgan fingerprint density at radius 2 is 2.46 bits per heavy atom. The number of carbonyl (C=O) groups excluding carboxylic acids is 1. The van der Waals surface area contributed by atoms with Crippen molar-refractivity contribution in [3.05, 3.63) is 22.4 Å². The minimum Gasteiger partial charge on any atom is -0.338 e. The molecule has 0 aliphatic rings. The molecule has 68 valence electrons. The summed E-state index contributed by atoms with van der Waals surface area (Å²) in [6.07, 6.45) is 0. The third-order valence-corrected chi connectivity index (χ3v) is 2.61. The van der Waals surface area contributed by atoms with Crippen molar-refractivity contribution in [3.63, 3.8) is 0 Å². The maximum absolute atomic E-state index is 11.1. The molecule has 13 heavy (non-hydrogen) atoms. The molecule has 2 nitrogen and oxygen atoms in total. The molecular weight excluding hydrogens is 182 g/mol. The Balaban J connectivity index is 2.54. The van der Waals surface area contributed by atoms with Crippen molar-refractivity contribution in [2.75, 3.05) is 0 Å². The molecule has 1 N–H and O–H groups in total. The Kier molecular flexibility index (Phi) is 3.53. The van der Waals surface area contributed by atoms with Crippen LogP contribution in [0.3, 0.4) is 0 Å². The average Bonchev–Trinajstić information content (AvgIpc) is 2.55. The van der Waals surface area contributed by atoms with Gasteiger partial charge in [0.2, 0.25) is 0 Å². The summed E-state index contributed by atoms with van der Waals surface area (Å²) in [6, 6.07) is 4.01. The number of rotatable bonds is 2. The highest BCUT2D eigenvalue weighted by Gasteiger charge is 2.07. The highest BCUT2D eigenvalue weighted by atomic mass is 32.1. The number of nitrogens with one attached hydrogen (secondary N) is 1. The quantitative estimate of drug-likeness (QED) is 0.715. The lowest BCUT2D eigenvalue weighted by molar-refractivity contribution is -0.116. The summed E-state index contributed by atoms with van der Waals surface area (Å²) >= 11 is 1.63. The summed E-state index contributed by atoms with van der Waals surface area (Å²) in [5, 5.41) is 4.77. The average molecular weight is 193 g/mol. The monoisotopic (exact) mass is 193 g/mol. The Labute approximate surface area is 82.0 Å². The normalized spacial score (nSPS) is 11.2. The predicted molar refractivity (Wildman–Crippen MR) is 54.3 cm³/mol. The van der Waals surface area contributed by atoms with E-state index in [0.29, 0.717) is 0 Å². The van der Waals surface area contributed by atoms with Crippen molar-refractivity contribution in [2.45, 2.75) is 19.9 Å². The van der Waals surface area contributed by atoms with Crippen LogP contribution in [0.25, 0.3) is 0 Å². The van der Waals surface area contributed by atoms with Gasteiger partial charge in [-0.15, -0.1) is 11.3 Å². The van der Waals surface area contributed by atoms with E-state index >= 15 is 0 Å². The van der Waals surface area contributed by atoms with Gasteiger partial charge in [0.05, 0.1) is 6.04 Å². The zero-order valence-corrected chi connectivity index (χ0v) is 8.44. The van der Waals surface area contributed by atoms with E-state index in [1.807, 2.05) is 24.4 Å². The molecule has 0 saturated heterocycles. The van der Waals surface area contributed by atoms with Crippen LogP contribution in [-0.4, -0.2) is 5.91 Å². The van der Waals surface area contributed by atoms with Gasteiger partial charge in [-0.1, -0.05) is 12.0 Å². The number of amides is 1. The van der Waals surface area contributed by atoms with Crippen molar-refractivity contribution in [1.82, 2.24) is 5.32 Å². The lowest BCUT2D eigenvalue weighted by atomic mass is 10.3. The molecule has 1 aromatic heterocycles. The predicted octanol–water partition coefficient (Wildman–Crippen LogP) is 1.95. The molecular formula is C10H11NOS. The Morgan fingerprint density at radius 1 is 1.69 bits per heavy atom. The summed E-state index contributed by atoms with van der Waals surface area (Å²) in [5.41, 5.74) is 0. The van der Waals surface area contributed by atoms with Crippen molar-refractivity contribution in [1.29, 1.82) is 0 Å². The molecule has 1 aromatic rings. The van der Waals surface area contributed by atoms with Gasteiger partial charge in [0.25, 0.3) is 5.91 Å². The standard InChI is InChI=1S/C10H11NOS/c1-3-5-10(12)11-8(2)9-6-4-7-13-9/h4,6-8H,1-2H3,(H,11,12)/t8-/m0/s1. The fraction of sp³-hybridized carbons (Fsp3) is 0.300. The van der Waals surface area contributed by atoms with Crippen molar-refractivity contribution in [3.8, 4) is 11.8 Å². The van der Waals surface area contributed by atoms with Gasteiger partial charge >= 0.3 is 0 Å². The molecule has 0 aliphatic heterocycles. The van der Waals surface area contributed by atoms with Crippen LogP contribution in [0.1, 0.15) is 24.8 Å². The summed E-state index contributed by atoms with van der Waals surface area (Å²) in [5.74, 6) is 4.78. The second-order valence-electron chi connectivity index (χ2n) is 2.59. The van der Waals surface area contributed by atoms with E-state index in [-0.39, 0.29) is 11.9 Å². The molecule has 0 saturated carbocycles. The minimum atomic E-state index is -0.219. The number of hydrogen-bond donors (Lipinski definition) is 1. The summed E-state index contributed by atoms with van der Waals surface area (Å²) in [7, 11) is 0. The van der Waals surface area contributed by atoms with Crippen molar-refractivity contribution >= 4 is 17.2 Å². The molecule has 0 bridgehead atoms. The summed E-state index contributed by atoms with van der Waals surface area (Å²) in [6.45, 7) is 3.59. The zero-order valence-electron chi connectivity index (χ0n) is 7.63. The van der Waals surface area contributed by atoms with E-state index < -0.39 is 0 Å². The fourth-order valence-electron chi connectivity index (χ4n) is 0.955. The molecule has 1 heterocycles. The highest BCUT2D eigenvalue weighted by Crippen LogP contribution is 2.17. The molecule has 0 aliphatic carbocycles. The number of carbonyl (C=O) groups is 1. The summed E-state index contributed by atoms with van der Waals surface area (Å²) < 4.78 is 0. The van der Waals surface area contributed by atoms with Gasteiger partial charge in [-0.3, -0.25) is 4.79 Å². The van der Waals surface area contributed by atoms with E-state index in [2.05, 4.69) is 17.2 Å². The topological polar surface area (TPSA) is 29.1 Å². The second kappa shape index (κ2) is 4.68. The van der Waals surface area contributed by atoms with Gasteiger partial charge in [0.15, 0.2) is 0 Å². The fourth-order valence-corrected chi connectivity index (χ4v) is 1.69. The summed E-state index contributed by atoms with van der Waals surface area (Å²) in [4.78, 5) is 12.2. The first-order valence-electron chi connectivity index (χ1n) is 4.00. The van der Waals surface area contributed by atoms with E-state index in [4.69, 9.17) is 0 Å². The molecule has 1 atom stereocenters. The molecule has 0 fully saturated rings. The van der Waals surface area contributed by atoms with Crippen LogP contribution in [0.2, 0.25) is 0 Å². The van der Waals surface area contributed by atoms with E-state index in [0.717, 1.165) is 4.88 Å². The first kappa shape index (κ1) is 9.82. The third-order valence-electron chi connectivity index (χ3n) is 1.56. The largest absolute Gasteiger partial charge is 0.338 e. The highest BCUT2D eigenvalue weighted by molar-refractivity contribution is 7.10. The Morgan fingerprint density at radius 3 is 3.00 bits per heavy atom. The number of hydrogen-bond acceptors (Lipinski definition) is 2. The van der Waals surface area contributed by atoms with Crippen molar-refractivity contribution in [2.24, 2.45) is 0 Å². The molecule has 3 heteroatoms. The zero-order chi connectivity index (χ0) is 9.68. The van der Waals surface area contributed by atoms with E-state index in [1.54, 1.807) is 18.3 Å². The molecule has 1 rings (SSSR count). The molecule has 0 unspecified atom stereocenters. The van der Waals surface area contributed by atoms with Crippen LogP contribution in [0.15, 0.2) is 17.5 Å². The SMILES string of the molecule is CC#CC(=O)N[C@@H](C)c1cccs1. The van der Waals surface area contributed by atoms with E-state index in [1.165, 1.54) is 0 Å². The van der Waals surface area contributed by atoms with Gasteiger partial charge < -0.3 is 5.32 Å². The lowest BCUT2D eigenvalue weighted by Gasteiger charge is -2.08. The van der Waals surface area contributed by atoms with Gasteiger partial charge in [-0.05, 0) is 31.2 Å². The van der Waals surface area contributed by atoms with Crippen LogP contribution in [-0.2, 0) is 4.79 Å². The minimum absolute atomic E-state index is 0.0494. The van der Waals surface area contributed by atoms with E-state index in [9.17, 15) is 4.79 Å². The van der Waals surface area contributed by atoms with Gasteiger partial charge in [-0.25, -0.2) is 0 Å². The molecule has 0 spiro atoms. The maximum atomic E-state index is 11.1. The van der Waals surface area contributed by atoms with Gasteiger partial charge in [0, 0.05) is 4.88 Å². The molecule has 0 aromatic carbocycles. The second-order valence-corrected chi connectivity index (χ2v) is 3.56. The van der Waals surface area contributed by atoms with Crippen LogP contribution in [0.4, 0.5) is 0 Å². The first-order chi connectivity index (χ1) is 6.24. The Hall–Kier alpha value is -1.27. The van der Waals surface area contributed by atoms with Crippen LogP contribution in [0.5, 0.6) is 0 Å². The van der Waals surface area contributed by atoms with Crippen LogP contribution >= 0.6 is 11.3 Å². The first-order valence-corrected chi connectivity index (χ1v) is 4.88. The number of thiophene rings is 1. The lowest BCUT2D eigenvalue weighted by Crippen LogP contribution is -2.24. The van der Waals surface area contributed by atoms with Crippen LogP contribution in [0, 0.1) is 11.8 Å². The smallest absolute Gasteiger partial charge is 0.296 e. The third kappa shape index (κ3) is 2.92.